The molecule has 0 N–H and O–H groups in total. The van der Waals surface area contributed by atoms with E-state index in [4.69, 9.17) is 0 Å². The number of likely N-dealkylation sites (tertiary alicyclic amines) is 2. The number of nitrogens with zero attached hydrogens (tertiary/aromatic N) is 3. The Hall–Kier alpha value is -1.10. The van der Waals surface area contributed by atoms with Crippen LogP contribution in [0.1, 0.15) is 52.4 Å². The van der Waals surface area contributed by atoms with Gasteiger partial charge in [-0.05, 0) is 46.2 Å². The molecule has 5 heteroatoms. The second-order valence-corrected chi connectivity index (χ2v) is 7.39. The first-order valence-electron chi connectivity index (χ1n) is 9.26. The number of hydrogen-bond donors (Lipinski definition) is 0. The van der Waals surface area contributed by atoms with Crippen LogP contribution in [0.2, 0.25) is 0 Å². The molecule has 0 aliphatic carbocycles. The fourth-order valence-electron chi connectivity index (χ4n) is 3.62. The van der Waals surface area contributed by atoms with Gasteiger partial charge in [-0.3, -0.25) is 9.59 Å². The molecule has 2 aliphatic heterocycles. The minimum absolute atomic E-state index is 0.103. The molecule has 0 spiro atoms. The highest BCUT2D eigenvalue weighted by Crippen LogP contribution is 2.21. The average molecular weight is 323 g/mol. The third-order valence-electron chi connectivity index (χ3n) is 5.27. The molecule has 0 aromatic rings. The molecule has 0 radical (unpaired) electrons. The average Bonchev–Trinajstić information content (AvgIpc) is 2.78. The van der Waals surface area contributed by atoms with Crippen LogP contribution in [0, 0.1) is 5.92 Å². The molecule has 2 heterocycles. The van der Waals surface area contributed by atoms with Crippen molar-refractivity contribution in [3.63, 3.8) is 0 Å². The lowest BCUT2D eigenvalue weighted by Gasteiger charge is -2.35. The van der Waals surface area contributed by atoms with Crippen molar-refractivity contribution >= 4 is 11.8 Å². The van der Waals surface area contributed by atoms with Gasteiger partial charge in [-0.25, -0.2) is 0 Å². The molecule has 0 aromatic heterocycles. The standard InChI is InChI=1S/C18H33N3O2/c1-15(2)21(13-12-20-9-6-4-5-7-10-20)18(23)16-8-11-19(3)17(22)14-16/h15-16H,4-14H2,1-3H3. The first kappa shape index (κ1) is 18.2. The summed E-state index contributed by atoms with van der Waals surface area (Å²) in [5.74, 6) is 0.160. The van der Waals surface area contributed by atoms with E-state index in [1.165, 1.54) is 25.7 Å². The van der Waals surface area contributed by atoms with E-state index in [1.54, 1.807) is 4.90 Å². The van der Waals surface area contributed by atoms with Crippen LogP contribution in [0.3, 0.4) is 0 Å². The van der Waals surface area contributed by atoms with E-state index in [0.717, 1.165) is 32.6 Å². The summed E-state index contributed by atoms with van der Waals surface area (Å²) in [5.41, 5.74) is 0. The summed E-state index contributed by atoms with van der Waals surface area (Å²) in [5, 5.41) is 0. The van der Waals surface area contributed by atoms with Crippen molar-refractivity contribution in [2.75, 3.05) is 39.8 Å². The Morgan fingerprint density at radius 2 is 1.83 bits per heavy atom. The van der Waals surface area contributed by atoms with E-state index in [1.807, 2.05) is 11.9 Å². The molecule has 0 aromatic carbocycles. The topological polar surface area (TPSA) is 43.9 Å². The maximum absolute atomic E-state index is 12.9. The van der Waals surface area contributed by atoms with Crippen molar-refractivity contribution in [1.82, 2.24) is 14.7 Å². The Balaban J connectivity index is 1.89. The number of hydrogen-bond acceptors (Lipinski definition) is 3. The highest BCUT2D eigenvalue weighted by molar-refractivity contribution is 5.87. The number of amides is 2. The third kappa shape index (κ3) is 5.20. The van der Waals surface area contributed by atoms with E-state index in [2.05, 4.69) is 18.7 Å². The minimum Gasteiger partial charge on any atom is -0.346 e. The van der Waals surface area contributed by atoms with Crippen molar-refractivity contribution in [2.24, 2.45) is 5.92 Å². The molecule has 0 saturated carbocycles. The van der Waals surface area contributed by atoms with Gasteiger partial charge in [-0.1, -0.05) is 12.8 Å². The number of rotatable bonds is 5. The van der Waals surface area contributed by atoms with E-state index < -0.39 is 0 Å². The summed E-state index contributed by atoms with van der Waals surface area (Å²) >= 11 is 0. The molecule has 132 valence electrons. The maximum atomic E-state index is 12.9. The molecule has 2 amide bonds. The molecule has 2 saturated heterocycles. The first-order chi connectivity index (χ1) is 11.0. The smallest absolute Gasteiger partial charge is 0.226 e. The van der Waals surface area contributed by atoms with Crippen molar-refractivity contribution in [3.05, 3.63) is 0 Å². The van der Waals surface area contributed by atoms with Crippen LogP contribution in [0.4, 0.5) is 0 Å². The molecule has 1 atom stereocenters. The lowest BCUT2D eigenvalue weighted by atomic mass is 9.94. The molecular weight excluding hydrogens is 290 g/mol. The Bertz CT molecular complexity index is 403. The van der Waals surface area contributed by atoms with Crippen LogP contribution in [0.25, 0.3) is 0 Å². The van der Waals surface area contributed by atoms with Gasteiger partial charge in [0.1, 0.15) is 0 Å². The Kier molecular flexibility index (Phi) is 6.88. The van der Waals surface area contributed by atoms with E-state index in [-0.39, 0.29) is 23.8 Å². The quantitative estimate of drug-likeness (QED) is 0.777. The van der Waals surface area contributed by atoms with E-state index >= 15 is 0 Å². The molecule has 1 unspecified atom stereocenters. The molecular formula is C18H33N3O2. The largest absolute Gasteiger partial charge is 0.346 e. The van der Waals surface area contributed by atoms with Gasteiger partial charge in [0, 0.05) is 45.1 Å². The number of piperidine rings is 1. The predicted molar refractivity (Wildman–Crippen MR) is 92.1 cm³/mol. The number of carbonyl (C=O) groups is 2. The summed E-state index contributed by atoms with van der Waals surface area (Å²) in [6.07, 6.45) is 6.40. The Labute approximate surface area is 141 Å². The maximum Gasteiger partial charge on any atom is 0.226 e. The zero-order chi connectivity index (χ0) is 16.8. The van der Waals surface area contributed by atoms with Gasteiger partial charge in [0.05, 0.1) is 0 Å². The van der Waals surface area contributed by atoms with Gasteiger partial charge in [0.25, 0.3) is 0 Å². The van der Waals surface area contributed by atoms with Gasteiger partial charge in [-0.15, -0.1) is 0 Å². The van der Waals surface area contributed by atoms with E-state index in [9.17, 15) is 9.59 Å². The zero-order valence-corrected chi connectivity index (χ0v) is 15.1. The summed E-state index contributed by atoms with van der Waals surface area (Å²) in [4.78, 5) is 31.0. The van der Waals surface area contributed by atoms with Crippen LogP contribution in [0.5, 0.6) is 0 Å². The van der Waals surface area contributed by atoms with Crippen LogP contribution >= 0.6 is 0 Å². The molecule has 5 nitrogen and oxygen atoms in total. The van der Waals surface area contributed by atoms with Crippen LogP contribution in [0.15, 0.2) is 0 Å². The lowest BCUT2D eigenvalue weighted by molar-refractivity contribution is -0.145. The summed E-state index contributed by atoms with van der Waals surface area (Å²) in [7, 11) is 1.82. The second-order valence-electron chi connectivity index (χ2n) is 7.39. The van der Waals surface area contributed by atoms with Crippen molar-refractivity contribution in [3.8, 4) is 0 Å². The summed E-state index contributed by atoms with van der Waals surface area (Å²) in [6.45, 7) is 8.93. The van der Waals surface area contributed by atoms with Crippen molar-refractivity contribution in [2.45, 2.75) is 58.4 Å². The Morgan fingerprint density at radius 1 is 1.17 bits per heavy atom. The fourth-order valence-corrected chi connectivity index (χ4v) is 3.62. The molecule has 23 heavy (non-hydrogen) atoms. The van der Waals surface area contributed by atoms with Gasteiger partial charge in [-0.2, -0.15) is 0 Å². The molecule has 2 rings (SSSR count). The second kappa shape index (κ2) is 8.67. The molecule has 0 bridgehead atoms. The minimum atomic E-state index is -0.120. The highest BCUT2D eigenvalue weighted by Gasteiger charge is 2.32. The third-order valence-corrected chi connectivity index (χ3v) is 5.27. The van der Waals surface area contributed by atoms with Gasteiger partial charge < -0.3 is 14.7 Å². The van der Waals surface area contributed by atoms with Crippen molar-refractivity contribution < 1.29 is 9.59 Å². The SMILES string of the molecule is CC(C)N(CCN1CCCCCC1)C(=O)C1CCN(C)C(=O)C1. The zero-order valence-electron chi connectivity index (χ0n) is 15.1. The first-order valence-corrected chi connectivity index (χ1v) is 9.26. The summed E-state index contributed by atoms with van der Waals surface area (Å²) in [6, 6.07) is 0.198. The van der Waals surface area contributed by atoms with Gasteiger partial charge in [0.2, 0.25) is 11.8 Å². The van der Waals surface area contributed by atoms with Crippen LogP contribution < -0.4 is 0 Å². The Morgan fingerprint density at radius 3 is 2.39 bits per heavy atom. The lowest BCUT2D eigenvalue weighted by Crippen LogP contribution is -2.48. The van der Waals surface area contributed by atoms with Gasteiger partial charge >= 0.3 is 0 Å². The molecule has 2 aliphatic rings. The van der Waals surface area contributed by atoms with Crippen LogP contribution in [-0.2, 0) is 9.59 Å². The normalized spacial score (nSPS) is 23.9. The molecule has 2 fully saturated rings. The highest BCUT2D eigenvalue weighted by atomic mass is 16.2. The fraction of sp³-hybridized carbons (Fsp3) is 0.889. The predicted octanol–water partition coefficient (Wildman–Crippen LogP) is 1.97. The van der Waals surface area contributed by atoms with Crippen LogP contribution in [-0.4, -0.2) is 72.3 Å². The summed E-state index contributed by atoms with van der Waals surface area (Å²) < 4.78 is 0. The van der Waals surface area contributed by atoms with Gasteiger partial charge in [0.15, 0.2) is 0 Å². The van der Waals surface area contributed by atoms with Crippen molar-refractivity contribution in [1.29, 1.82) is 0 Å². The monoisotopic (exact) mass is 323 g/mol. The number of carbonyl (C=O) groups excluding carboxylic acids is 2. The van der Waals surface area contributed by atoms with E-state index in [0.29, 0.717) is 13.0 Å².